The summed E-state index contributed by atoms with van der Waals surface area (Å²) in [5.74, 6) is 1.64. The van der Waals surface area contributed by atoms with E-state index in [1.807, 2.05) is 0 Å². The van der Waals surface area contributed by atoms with Crippen molar-refractivity contribution in [3.63, 3.8) is 0 Å². The summed E-state index contributed by atoms with van der Waals surface area (Å²) in [4.78, 5) is 11.8. The Bertz CT molecular complexity index is 262. The van der Waals surface area contributed by atoms with Gasteiger partial charge in [0.2, 0.25) is 5.91 Å². The molecule has 17 heavy (non-hydrogen) atoms. The van der Waals surface area contributed by atoms with Crippen molar-refractivity contribution in [1.82, 2.24) is 5.32 Å². The molecule has 1 fully saturated rings. The lowest BCUT2D eigenvalue weighted by atomic mass is 9.69. The second-order valence-corrected chi connectivity index (χ2v) is 6.36. The van der Waals surface area contributed by atoms with E-state index in [1.54, 1.807) is 0 Å². The predicted molar refractivity (Wildman–Crippen MR) is 72.8 cm³/mol. The number of carbonyl (C=O) groups excluding carboxylic acids is 1. The average Bonchev–Trinajstić information content (AvgIpc) is 2.54. The van der Waals surface area contributed by atoms with Gasteiger partial charge in [0.15, 0.2) is 0 Å². The molecule has 0 spiro atoms. The summed E-state index contributed by atoms with van der Waals surface area (Å²) in [5, 5.41) is 3.22. The first kappa shape index (κ1) is 14.5. The fraction of sp³-hybridized carbons (Fsp3) is 0.933. The van der Waals surface area contributed by atoms with Crippen molar-refractivity contribution in [3.05, 3.63) is 0 Å². The largest absolute Gasteiger partial charge is 0.353 e. The van der Waals surface area contributed by atoms with Crippen molar-refractivity contribution in [2.45, 2.75) is 72.8 Å². The molecule has 1 rings (SSSR count). The van der Waals surface area contributed by atoms with Crippen molar-refractivity contribution in [2.75, 3.05) is 0 Å². The second kappa shape index (κ2) is 5.88. The summed E-state index contributed by atoms with van der Waals surface area (Å²) in [6.07, 6.45) is 5.38. The molecule has 1 N–H and O–H groups in total. The number of hydrogen-bond acceptors (Lipinski definition) is 1. The maximum atomic E-state index is 11.8. The smallest absolute Gasteiger partial charge is 0.220 e. The maximum absolute atomic E-state index is 11.8. The quantitative estimate of drug-likeness (QED) is 0.751. The lowest BCUT2D eigenvalue weighted by Gasteiger charge is -2.36. The third-order valence-electron chi connectivity index (χ3n) is 4.45. The molecule has 3 unspecified atom stereocenters. The van der Waals surface area contributed by atoms with Gasteiger partial charge in [0.1, 0.15) is 0 Å². The molecule has 0 aromatic carbocycles. The minimum Gasteiger partial charge on any atom is -0.353 e. The highest BCUT2D eigenvalue weighted by atomic mass is 16.2. The molecule has 3 atom stereocenters. The molecule has 0 radical (unpaired) electrons. The van der Waals surface area contributed by atoms with Gasteiger partial charge < -0.3 is 5.32 Å². The van der Waals surface area contributed by atoms with E-state index >= 15 is 0 Å². The standard InChI is InChI=1S/C15H29NO/c1-6-12(5)9-15(7-2)10-14(17)16-13(15)8-11(3)4/h11-13H,6-10H2,1-5H3,(H,16,17). The molecule has 2 heteroatoms. The highest BCUT2D eigenvalue weighted by Gasteiger charge is 2.45. The molecular formula is C15H29NO. The van der Waals surface area contributed by atoms with Crippen molar-refractivity contribution in [2.24, 2.45) is 17.3 Å². The van der Waals surface area contributed by atoms with E-state index < -0.39 is 0 Å². The molecular weight excluding hydrogens is 210 g/mol. The van der Waals surface area contributed by atoms with E-state index in [2.05, 4.69) is 39.9 Å². The van der Waals surface area contributed by atoms with Gasteiger partial charge in [-0.1, -0.05) is 41.0 Å². The van der Waals surface area contributed by atoms with Crippen molar-refractivity contribution in [3.8, 4) is 0 Å². The number of hydrogen-bond donors (Lipinski definition) is 1. The second-order valence-electron chi connectivity index (χ2n) is 6.36. The highest BCUT2D eigenvalue weighted by molar-refractivity contribution is 5.80. The van der Waals surface area contributed by atoms with Gasteiger partial charge in [-0.05, 0) is 36.5 Å². The van der Waals surface area contributed by atoms with Crippen LogP contribution >= 0.6 is 0 Å². The monoisotopic (exact) mass is 239 g/mol. The summed E-state index contributed by atoms with van der Waals surface area (Å²) >= 11 is 0. The van der Waals surface area contributed by atoms with Crippen molar-refractivity contribution >= 4 is 5.91 Å². The molecule has 0 aliphatic carbocycles. The third kappa shape index (κ3) is 3.46. The van der Waals surface area contributed by atoms with Crippen LogP contribution in [0.3, 0.4) is 0 Å². The molecule has 100 valence electrons. The van der Waals surface area contributed by atoms with Crippen molar-refractivity contribution in [1.29, 1.82) is 0 Å². The van der Waals surface area contributed by atoms with Gasteiger partial charge in [-0.15, -0.1) is 0 Å². The lowest BCUT2D eigenvalue weighted by Crippen LogP contribution is -2.39. The summed E-state index contributed by atoms with van der Waals surface area (Å²) < 4.78 is 0. The van der Waals surface area contributed by atoms with Crippen LogP contribution < -0.4 is 5.32 Å². The first-order valence-corrected chi connectivity index (χ1v) is 7.22. The van der Waals surface area contributed by atoms with Crippen LogP contribution in [0.2, 0.25) is 0 Å². The van der Waals surface area contributed by atoms with Gasteiger partial charge in [-0.25, -0.2) is 0 Å². The summed E-state index contributed by atoms with van der Waals surface area (Å²) in [7, 11) is 0. The Morgan fingerprint density at radius 3 is 2.47 bits per heavy atom. The minimum absolute atomic E-state index is 0.219. The lowest BCUT2D eigenvalue weighted by molar-refractivity contribution is -0.119. The summed E-state index contributed by atoms with van der Waals surface area (Å²) in [5.41, 5.74) is 0.219. The van der Waals surface area contributed by atoms with Gasteiger partial charge in [0, 0.05) is 12.5 Å². The van der Waals surface area contributed by atoms with Gasteiger partial charge in [-0.2, -0.15) is 0 Å². The third-order valence-corrected chi connectivity index (χ3v) is 4.45. The van der Waals surface area contributed by atoms with E-state index in [1.165, 1.54) is 12.8 Å². The number of amides is 1. The van der Waals surface area contributed by atoms with Crippen molar-refractivity contribution < 1.29 is 4.79 Å². The van der Waals surface area contributed by atoms with E-state index in [9.17, 15) is 4.79 Å². The first-order valence-electron chi connectivity index (χ1n) is 7.22. The van der Waals surface area contributed by atoms with E-state index in [0.717, 1.165) is 25.2 Å². The average molecular weight is 239 g/mol. The SMILES string of the molecule is CCC(C)CC1(CC)CC(=O)NC1CC(C)C. The molecule has 1 aliphatic heterocycles. The Balaban J connectivity index is 2.81. The molecule has 1 amide bonds. The summed E-state index contributed by atoms with van der Waals surface area (Å²) in [6.45, 7) is 11.3. The number of nitrogens with one attached hydrogen (secondary N) is 1. The molecule has 0 saturated carbocycles. The maximum Gasteiger partial charge on any atom is 0.220 e. The zero-order chi connectivity index (χ0) is 13.1. The number of rotatable bonds is 6. The summed E-state index contributed by atoms with van der Waals surface area (Å²) in [6, 6.07) is 0.397. The van der Waals surface area contributed by atoms with Gasteiger partial charge in [0.05, 0.1) is 0 Å². The highest BCUT2D eigenvalue weighted by Crippen LogP contribution is 2.44. The van der Waals surface area contributed by atoms with Gasteiger partial charge in [0.25, 0.3) is 0 Å². The molecule has 1 aliphatic rings. The first-order chi connectivity index (χ1) is 7.93. The fourth-order valence-corrected chi connectivity index (χ4v) is 3.19. The molecule has 0 aromatic heterocycles. The van der Waals surface area contributed by atoms with E-state index in [4.69, 9.17) is 0 Å². The minimum atomic E-state index is 0.219. The van der Waals surface area contributed by atoms with Crippen LogP contribution in [0.25, 0.3) is 0 Å². The number of carbonyl (C=O) groups is 1. The Labute approximate surface area is 107 Å². The topological polar surface area (TPSA) is 29.1 Å². The van der Waals surface area contributed by atoms with Gasteiger partial charge in [-0.3, -0.25) is 4.79 Å². The molecule has 0 aromatic rings. The molecule has 0 bridgehead atoms. The Morgan fingerprint density at radius 1 is 1.35 bits per heavy atom. The van der Waals surface area contributed by atoms with Crippen LogP contribution in [0.5, 0.6) is 0 Å². The van der Waals surface area contributed by atoms with Crippen LogP contribution in [0.15, 0.2) is 0 Å². The van der Waals surface area contributed by atoms with E-state index in [0.29, 0.717) is 12.0 Å². The van der Waals surface area contributed by atoms with Gasteiger partial charge >= 0.3 is 0 Å². The zero-order valence-corrected chi connectivity index (χ0v) is 12.2. The Kier molecular flexibility index (Phi) is 5.03. The van der Waals surface area contributed by atoms with Crippen LogP contribution in [0.4, 0.5) is 0 Å². The predicted octanol–water partition coefficient (Wildman–Crippen LogP) is 3.75. The van der Waals surface area contributed by atoms with Crippen LogP contribution in [0.1, 0.15) is 66.7 Å². The molecule has 1 heterocycles. The normalized spacial score (nSPS) is 30.7. The molecule has 1 saturated heterocycles. The Morgan fingerprint density at radius 2 is 2.00 bits per heavy atom. The van der Waals surface area contributed by atoms with Crippen LogP contribution in [-0.4, -0.2) is 11.9 Å². The van der Waals surface area contributed by atoms with E-state index in [-0.39, 0.29) is 11.3 Å². The fourth-order valence-electron chi connectivity index (χ4n) is 3.19. The molecule has 2 nitrogen and oxygen atoms in total. The zero-order valence-electron chi connectivity index (χ0n) is 12.2. The van der Waals surface area contributed by atoms with Crippen LogP contribution in [0, 0.1) is 17.3 Å². The Hall–Kier alpha value is -0.530. The van der Waals surface area contributed by atoms with Crippen LogP contribution in [-0.2, 0) is 4.79 Å².